The molecule has 0 aliphatic heterocycles. The molecule has 1 fully saturated rings. The van der Waals surface area contributed by atoms with Crippen molar-refractivity contribution in [1.29, 1.82) is 0 Å². The fourth-order valence-electron chi connectivity index (χ4n) is 3.72. The maximum absolute atomic E-state index is 15.1. The second-order valence-electron chi connectivity index (χ2n) is 7.33. The first-order valence-corrected chi connectivity index (χ1v) is 9.45. The Labute approximate surface area is 169 Å². The van der Waals surface area contributed by atoms with Gasteiger partial charge >= 0.3 is 0 Å². The highest BCUT2D eigenvalue weighted by atomic mass is 35.5. The van der Waals surface area contributed by atoms with Crippen molar-refractivity contribution in [3.8, 4) is 0 Å². The Bertz CT molecular complexity index is 1260. The second-order valence-corrected chi connectivity index (χ2v) is 7.77. The van der Waals surface area contributed by atoms with Gasteiger partial charge in [-0.25, -0.2) is 14.4 Å². The van der Waals surface area contributed by atoms with Crippen LogP contribution in [-0.2, 0) is 19.3 Å². The summed E-state index contributed by atoms with van der Waals surface area (Å²) in [6.45, 7) is 0.0879. The van der Waals surface area contributed by atoms with Crippen molar-refractivity contribution in [2.24, 2.45) is 7.05 Å². The predicted molar refractivity (Wildman–Crippen MR) is 102 cm³/mol. The van der Waals surface area contributed by atoms with Crippen LogP contribution in [0.5, 0.6) is 0 Å². The number of alkyl halides is 1. The molecule has 3 aromatic heterocycles. The van der Waals surface area contributed by atoms with E-state index < -0.39 is 5.67 Å². The minimum atomic E-state index is -1.42. The van der Waals surface area contributed by atoms with Crippen LogP contribution < -0.4 is 5.56 Å². The van der Waals surface area contributed by atoms with E-state index in [-0.39, 0.29) is 36.8 Å². The quantitative estimate of drug-likeness (QED) is 0.510. The molecule has 5 rings (SSSR count). The minimum absolute atomic E-state index is 0.0879. The highest BCUT2D eigenvalue weighted by Gasteiger charge is 2.48. The van der Waals surface area contributed by atoms with Gasteiger partial charge in [0.1, 0.15) is 18.5 Å². The van der Waals surface area contributed by atoms with Gasteiger partial charge in [0.15, 0.2) is 17.0 Å². The summed E-state index contributed by atoms with van der Waals surface area (Å²) < 4.78 is 23.4. The van der Waals surface area contributed by atoms with E-state index in [9.17, 15) is 4.79 Å². The van der Waals surface area contributed by atoms with E-state index in [1.54, 1.807) is 35.9 Å². The van der Waals surface area contributed by atoms with Crippen molar-refractivity contribution in [2.45, 2.75) is 31.0 Å². The van der Waals surface area contributed by atoms with E-state index in [1.807, 2.05) is 0 Å². The molecule has 1 aliphatic rings. The molecule has 0 amide bonds. The van der Waals surface area contributed by atoms with Crippen LogP contribution in [0.3, 0.4) is 0 Å². The van der Waals surface area contributed by atoms with Gasteiger partial charge in [0, 0.05) is 18.0 Å². The first-order valence-electron chi connectivity index (χ1n) is 9.07. The topological polar surface area (TPSA) is 91.6 Å². The SMILES string of the molecule is Cn1cnc2ncn(Cc3nc([C@H]4C[C@](F)(c5ccc(Cl)cc5)C4)no3)c(=O)c21. The van der Waals surface area contributed by atoms with Gasteiger partial charge in [0.25, 0.3) is 5.56 Å². The van der Waals surface area contributed by atoms with Crippen molar-refractivity contribution < 1.29 is 8.91 Å². The molecule has 29 heavy (non-hydrogen) atoms. The van der Waals surface area contributed by atoms with Crippen LogP contribution in [0.25, 0.3) is 11.2 Å². The number of hydrogen-bond acceptors (Lipinski definition) is 6. The molecule has 0 radical (unpaired) electrons. The maximum Gasteiger partial charge on any atom is 0.280 e. The van der Waals surface area contributed by atoms with Crippen LogP contribution in [0.1, 0.15) is 36.0 Å². The summed E-state index contributed by atoms with van der Waals surface area (Å²) >= 11 is 5.87. The van der Waals surface area contributed by atoms with Crippen molar-refractivity contribution in [3.05, 3.63) is 69.6 Å². The lowest BCUT2D eigenvalue weighted by molar-refractivity contribution is 0.0336. The number of fused-ring (bicyclic) bond motifs is 1. The van der Waals surface area contributed by atoms with Crippen LogP contribution in [0.15, 0.2) is 46.2 Å². The van der Waals surface area contributed by atoms with Gasteiger partial charge in [-0.15, -0.1) is 0 Å². The zero-order valence-electron chi connectivity index (χ0n) is 15.4. The second kappa shape index (κ2) is 6.48. The molecule has 8 nitrogen and oxygen atoms in total. The summed E-state index contributed by atoms with van der Waals surface area (Å²) in [7, 11) is 1.73. The number of benzene rings is 1. The van der Waals surface area contributed by atoms with E-state index in [4.69, 9.17) is 16.1 Å². The molecule has 0 saturated heterocycles. The van der Waals surface area contributed by atoms with Crippen molar-refractivity contribution >= 4 is 22.8 Å². The lowest BCUT2D eigenvalue weighted by Crippen LogP contribution is -2.36. The zero-order valence-corrected chi connectivity index (χ0v) is 16.2. The number of hydrogen-bond donors (Lipinski definition) is 0. The van der Waals surface area contributed by atoms with E-state index >= 15 is 4.39 Å². The summed E-state index contributed by atoms with van der Waals surface area (Å²) in [6.07, 6.45) is 3.49. The van der Waals surface area contributed by atoms with E-state index in [0.29, 0.717) is 27.6 Å². The van der Waals surface area contributed by atoms with Crippen molar-refractivity contribution in [3.63, 3.8) is 0 Å². The van der Waals surface area contributed by atoms with E-state index in [1.165, 1.54) is 17.2 Å². The molecule has 0 bridgehead atoms. The largest absolute Gasteiger partial charge is 0.337 e. The molecule has 0 atom stereocenters. The van der Waals surface area contributed by atoms with E-state index in [2.05, 4.69) is 20.1 Å². The number of aromatic nitrogens is 6. The molecule has 1 saturated carbocycles. The van der Waals surface area contributed by atoms with Gasteiger partial charge in [0.2, 0.25) is 5.89 Å². The third-order valence-electron chi connectivity index (χ3n) is 5.36. The molecule has 0 N–H and O–H groups in total. The molecule has 148 valence electrons. The molecular formula is C19H16ClFN6O2. The molecule has 1 aromatic carbocycles. The average molecular weight is 415 g/mol. The highest BCUT2D eigenvalue weighted by Crippen LogP contribution is 2.53. The maximum atomic E-state index is 15.1. The molecule has 10 heteroatoms. The minimum Gasteiger partial charge on any atom is -0.337 e. The standard InChI is InChI=1S/C19H16ClFN6O2/c1-26-9-22-17-15(26)18(28)27(10-23-17)8-14-24-16(25-29-14)11-6-19(21,7-11)12-2-4-13(20)5-3-12/h2-5,9-11H,6-8H2,1H3/t11-,19+. The normalized spacial score (nSPS) is 21.4. The summed E-state index contributed by atoms with van der Waals surface area (Å²) in [5, 5.41) is 4.55. The highest BCUT2D eigenvalue weighted by molar-refractivity contribution is 6.30. The number of imidazole rings is 1. The van der Waals surface area contributed by atoms with E-state index in [0.717, 1.165) is 0 Å². The summed E-state index contributed by atoms with van der Waals surface area (Å²) in [5.41, 5.74) is -0.276. The van der Waals surface area contributed by atoms with Gasteiger partial charge in [-0.1, -0.05) is 28.9 Å². The van der Waals surface area contributed by atoms with Crippen molar-refractivity contribution in [1.82, 2.24) is 29.2 Å². The number of aryl methyl sites for hydroxylation is 1. The zero-order chi connectivity index (χ0) is 20.2. The Hall–Kier alpha value is -3.07. The Balaban J connectivity index is 1.32. The Morgan fingerprint density at radius 2 is 1.97 bits per heavy atom. The van der Waals surface area contributed by atoms with Gasteiger partial charge in [-0.2, -0.15) is 4.98 Å². The van der Waals surface area contributed by atoms with Gasteiger partial charge in [-0.05, 0) is 30.5 Å². The third kappa shape index (κ3) is 3.02. The molecular weight excluding hydrogens is 399 g/mol. The summed E-state index contributed by atoms with van der Waals surface area (Å²) in [5.74, 6) is 0.584. The molecule has 0 spiro atoms. The average Bonchev–Trinajstić information content (AvgIpc) is 3.29. The van der Waals surface area contributed by atoms with Gasteiger partial charge in [-0.3, -0.25) is 9.36 Å². The molecule has 1 aliphatic carbocycles. The van der Waals surface area contributed by atoms with Crippen LogP contribution in [0.4, 0.5) is 4.39 Å². The molecule has 3 heterocycles. The fourth-order valence-corrected chi connectivity index (χ4v) is 3.84. The van der Waals surface area contributed by atoms with Crippen LogP contribution in [0, 0.1) is 0 Å². The first-order chi connectivity index (χ1) is 13.9. The monoisotopic (exact) mass is 414 g/mol. The molecule has 4 aromatic rings. The van der Waals surface area contributed by atoms with Crippen molar-refractivity contribution in [2.75, 3.05) is 0 Å². The van der Waals surface area contributed by atoms with Crippen LogP contribution >= 0.6 is 11.6 Å². The number of halogens is 2. The lowest BCUT2D eigenvalue weighted by atomic mass is 9.68. The predicted octanol–water partition coefficient (Wildman–Crippen LogP) is 2.96. The molecule has 0 unspecified atom stereocenters. The number of nitrogens with zero attached hydrogens (tertiary/aromatic N) is 6. The summed E-state index contributed by atoms with van der Waals surface area (Å²) in [4.78, 5) is 25.2. The first kappa shape index (κ1) is 18.0. The van der Waals surface area contributed by atoms with Crippen LogP contribution in [-0.4, -0.2) is 29.2 Å². The van der Waals surface area contributed by atoms with Gasteiger partial charge in [0.05, 0.1) is 6.33 Å². The van der Waals surface area contributed by atoms with Gasteiger partial charge < -0.3 is 9.09 Å². The Morgan fingerprint density at radius 1 is 1.24 bits per heavy atom. The Kier molecular flexibility index (Phi) is 4.02. The van der Waals surface area contributed by atoms with Crippen LogP contribution in [0.2, 0.25) is 5.02 Å². The summed E-state index contributed by atoms with van der Waals surface area (Å²) in [6, 6.07) is 6.77. The number of rotatable bonds is 4. The smallest absolute Gasteiger partial charge is 0.280 e. The fraction of sp³-hybridized carbons (Fsp3) is 0.316. The third-order valence-corrected chi connectivity index (χ3v) is 5.61. The Morgan fingerprint density at radius 3 is 2.72 bits per heavy atom. The lowest BCUT2D eigenvalue weighted by Gasteiger charge is -2.40.